The van der Waals surface area contributed by atoms with Gasteiger partial charge < -0.3 is 9.47 Å². The van der Waals surface area contributed by atoms with Gasteiger partial charge in [-0.1, -0.05) is 11.6 Å². The van der Waals surface area contributed by atoms with Gasteiger partial charge in [-0.2, -0.15) is 13.2 Å². The Kier molecular flexibility index (Phi) is 5.41. The van der Waals surface area contributed by atoms with E-state index in [9.17, 15) is 18.0 Å². The Morgan fingerprint density at radius 3 is 2.30 bits per heavy atom. The average molecular weight is 457 g/mol. The molecule has 0 radical (unpaired) electrons. The van der Waals surface area contributed by atoms with E-state index in [4.69, 9.17) is 16.3 Å². The molecular formula is C15H9ClF3IO3. The molecule has 0 atom stereocenters. The molecule has 0 bridgehead atoms. The van der Waals surface area contributed by atoms with Crippen molar-refractivity contribution in [1.29, 1.82) is 0 Å². The second-order valence-corrected chi connectivity index (χ2v) is 5.94. The van der Waals surface area contributed by atoms with Crippen molar-refractivity contribution in [2.75, 3.05) is 7.11 Å². The Balaban J connectivity index is 2.30. The maximum Gasteiger partial charge on any atom is 0.417 e. The van der Waals surface area contributed by atoms with E-state index >= 15 is 0 Å². The van der Waals surface area contributed by atoms with Gasteiger partial charge in [-0.15, -0.1) is 0 Å². The second-order valence-electron chi connectivity index (χ2n) is 4.37. The summed E-state index contributed by atoms with van der Waals surface area (Å²) in [5, 5.41) is -0.464. The Hall–Kier alpha value is -1.48. The predicted octanol–water partition coefficient (Wildman–Crippen LogP) is 5.54. The summed E-state index contributed by atoms with van der Waals surface area (Å²) in [5.41, 5.74) is -0.645. The van der Waals surface area contributed by atoms with E-state index < -0.39 is 22.7 Å². The smallest absolute Gasteiger partial charge is 0.417 e. The van der Waals surface area contributed by atoms with Gasteiger partial charge in [0.15, 0.2) is 0 Å². The number of ether oxygens (including phenoxy) is 2. The van der Waals surface area contributed by atoms with E-state index in [0.29, 0.717) is 9.13 Å². The van der Waals surface area contributed by atoms with Crippen molar-refractivity contribution in [3.8, 4) is 11.5 Å². The van der Waals surface area contributed by atoms with Crippen LogP contribution in [0, 0.1) is 3.57 Å². The molecular weight excluding hydrogens is 448 g/mol. The first-order valence-corrected chi connectivity index (χ1v) is 7.60. The SMILES string of the molecule is COC(=O)c1cc(Oc2ccc(C(F)(F)F)c(Cl)c2)ccc1I. The third kappa shape index (κ3) is 4.29. The maximum atomic E-state index is 12.7. The van der Waals surface area contributed by atoms with E-state index in [1.54, 1.807) is 12.1 Å². The van der Waals surface area contributed by atoms with Gasteiger partial charge in [0.25, 0.3) is 0 Å². The van der Waals surface area contributed by atoms with Gasteiger partial charge in [-0.3, -0.25) is 0 Å². The van der Waals surface area contributed by atoms with Gasteiger partial charge >= 0.3 is 12.1 Å². The van der Waals surface area contributed by atoms with Crippen LogP contribution in [0.5, 0.6) is 11.5 Å². The molecule has 23 heavy (non-hydrogen) atoms. The average Bonchev–Trinajstić information content (AvgIpc) is 2.47. The first-order chi connectivity index (χ1) is 10.7. The highest BCUT2D eigenvalue weighted by Crippen LogP contribution is 2.37. The van der Waals surface area contributed by atoms with E-state index in [1.165, 1.54) is 13.2 Å². The minimum Gasteiger partial charge on any atom is -0.465 e. The molecule has 0 saturated carbocycles. The fourth-order valence-corrected chi connectivity index (χ4v) is 2.59. The number of methoxy groups -OCH3 is 1. The lowest BCUT2D eigenvalue weighted by Gasteiger charge is -2.12. The predicted molar refractivity (Wildman–Crippen MR) is 87.0 cm³/mol. The number of carbonyl (C=O) groups excluding carboxylic acids is 1. The van der Waals surface area contributed by atoms with Gasteiger partial charge in [0.2, 0.25) is 0 Å². The third-order valence-corrected chi connectivity index (χ3v) is 4.08. The van der Waals surface area contributed by atoms with E-state index in [-0.39, 0.29) is 11.5 Å². The number of esters is 1. The molecule has 122 valence electrons. The van der Waals surface area contributed by atoms with E-state index in [2.05, 4.69) is 4.74 Å². The van der Waals surface area contributed by atoms with Gasteiger partial charge in [0.1, 0.15) is 11.5 Å². The quantitative estimate of drug-likeness (QED) is 0.449. The van der Waals surface area contributed by atoms with Crippen LogP contribution in [0.3, 0.4) is 0 Å². The summed E-state index contributed by atoms with van der Waals surface area (Å²) in [4.78, 5) is 11.6. The highest BCUT2D eigenvalue weighted by atomic mass is 127. The number of hydrogen-bond donors (Lipinski definition) is 0. The zero-order chi connectivity index (χ0) is 17.2. The molecule has 0 amide bonds. The summed E-state index contributed by atoms with van der Waals surface area (Å²) >= 11 is 7.60. The summed E-state index contributed by atoms with van der Waals surface area (Å²) in [6.07, 6.45) is -4.53. The molecule has 3 nitrogen and oxygen atoms in total. The molecule has 0 unspecified atom stereocenters. The lowest BCUT2D eigenvalue weighted by molar-refractivity contribution is -0.137. The number of rotatable bonds is 3. The molecule has 0 saturated heterocycles. The van der Waals surface area contributed by atoms with Gasteiger partial charge in [-0.05, 0) is 52.9 Å². The summed E-state index contributed by atoms with van der Waals surface area (Å²) in [6, 6.07) is 7.73. The molecule has 0 aromatic heterocycles. The first-order valence-electron chi connectivity index (χ1n) is 6.15. The van der Waals surface area contributed by atoms with Crippen molar-refractivity contribution in [2.45, 2.75) is 6.18 Å². The van der Waals surface area contributed by atoms with Crippen molar-refractivity contribution < 1.29 is 27.4 Å². The lowest BCUT2D eigenvalue weighted by atomic mass is 10.2. The minimum atomic E-state index is -4.53. The zero-order valence-corrected chi connectivity index (χ0v) is 14.5. The fraction of sp³-hybridized carbons (Fsp3) is 0.133. The van der Waals surface area contributed by atoms with Gasteiger partial charge in [-0.25, -0.2) is 4.79 Å². The molecule has 2 aromatic carbocycles. The van der Waals surface area contributed by atoms with Crippen LogP contribution in [0.15, 0.2) is 36.4 Å². The molecule has 8 heteroatoms. The molecule has 2 rings (SSSR count). The van der Waals surface area contributed by atoms with Crippen LogP contribution in [0.4, 0.5) is 13.2 Å². The lowest BCUT2D eigenvalue weighted by Crippen LogP contribution is -2.06. The van der Waals surface area contributed by atoms with Gasteiger partial charge in [0, 0.05) is 9.64 Å². The summed E-state index contributed by atoms with van der Waals surface area (Å²) in [5.74, 6) is -0.132. The fourth-order valence-electron chi connectivity index (χ4n) is 1.76. The highest BCUT2D eigenvalue weighted by molar-refractivity contribution is 14.1. The molecule has 0 N–H and O–H groups in total. The molecule has 0 aliphatic heterocycles. The number of alkyl halides is 3. The monoisotopic (exact) mass is 456 g/mol. The largest absolute Gasteiger partial charge is 0.465 e. The minimum absolute atomic E-state index is 0.125. The number of halogens is 5. The second kappa shape index (κ2) is 6.96. The van der Waals surface area contributed by atoms with E-state index in [1.807, 2.05) is 22.6 Å². The molecule has 0 heterocycles. The van der Waals surface area contributed by atoms with Gasteiger partial charge in [0.05, 0.1) is 23.3 Å². The highest BCUT2D eigenvalue weighted by Gasteiger charge is 2.33. The van der Waals surface area contributed by atoms with E-state index in [0.717, 1.165) is 18.2 Å². The van der Waals surface area contributed by atoms with Crippen LogP contribution < -0.4 is 4.74 Å². The molecule has 0 spiro atoms. The standard InChI is InChI=1S/C15H9ClF3IO3/c1-22-14(21)10-6-8(3-5-13(10)20)23-9-2-4-11(12(16)7-9)15(17,18)19/h2-7H,1H3. The molecule has 0 fully saturated rings. The normalized spacial score (nSPS) is 11.2. The zero-order valence-electron chi connectivity index (χ0n) is 11.6. The van der Waals surface area contributed by atoms with Crippen molar-refractivity contribution in [3.05, 3.63) is 56.1 Å². The van der Waals surface area contributed by atoms with Crippen molar-refractivity contribution in [3.63, 3.8) is 0 Å². The summed E-state index contributed by atoms with van der Waals surface area (Å²) in [6.45, 7) is 0. The Morgan fingerprint density at radius 2 is 1.74 bits per heavy atom. The van der Waals surface area contributed by atoms with Crippen molar-refractivity contribution >= 4 is 40.2 Å². The van der Waals surface area contributed by atoms with Crippen molar-refractivity contribution in [2.24, 2.45) is 0 Å². The number of hydrogen-bond acceptors (Lipinski definition) is 3. The Bertz CT molecular complexity index is 747. The maximum absolute atomic E-state index is 12.7. The van der Waals surface area contributed by atoms with Crippen molar-refractivity contribution in [1.82, 2.24) is 0 Å². The first kappa shape index (κ1) is 17.9. The summed E-state index contributed by atoms with van der Waals surface area (Å²) in [7, 11) is 1.25. The van der Waals surface area contributed by atoms with Crippen LogP contribution in [0.2, 0.25) is 5.02 Å². The molecule has 2 aromatic rings. The summed E-state index contributed by atoms with van der Waals surface area (Å²) < 4.78 is 48.7. The molecule has 0 aliphatic carbocycles. The molecule has 0 aliphatic rings. The topological polar surface area (TPSA) is 35.5 Å². The Labute approximate surface area is 148 Å². The van der Waals surface area contributed by atoms with Crippen LogP contribution >= 0.6 is 34.2 Å². The van der Waals surface area contributed by atoms with Crippen LogP contribution in [-0.4, -0.2) is 13.1 Å². The van der Waals surface area contributed by atoms with Crippen LogP contribution in [-0.2, 0) is 10.9 Å². The van der Waals surface area contributed by atoms with Crippen LogP contribution in [0.25, 0.3) is 0 Å². The number of benzene rings is 2. The van der Waals surface area contributed by atoms with Crippen LogP contribution in [0.1, 0.15) is 15.9 Å². The third-order valence-electron chi connectivity index (χ3n) is 2.82. The number of carbonyl (C=O) groups is 1. The Morgan fingerprint density at radius 1 is 1.13 bits per heavy atom.